The molecule has 0 bridgehead atoms. The van der Waals surface area contributed by atoms with Gasteiger partial charge in [0.1, 0.15) is 5.75 Å². The average Bonchev–Trinajstić information content (AvgIpc) is 2.39. The Morgan fingerprint density at radius 2 is 2.16 bits per heavy atom. The minimum Gasteiger partial charge on any atom is -0.489 e. The Morgan fingerprint density at radius 1 is 1.37 bits per heavy atom. The largest absolute Gasteiger partial charge is 0.489 e. The van der Waals surface area contributed by atoms with Gasteiger partial charge in [-0.2, -0.15) is 0 Å². The van der Waals surface area contributed by atoms with Crippen LogP contribution in [0.15, 0.2) is 24.3 Å². The molecule has 1 heterocycles. The van der Waals surface area contributed by atoms with E-state index in [4.69, 9.17) is 4.74 Å². The summed E-state index contributed by atoms with van der Waals surface area (Å²) in [6.07, 6.45) is 2.83. The molecule has 1 N–H and O–H groups in total. The standard InChI is InChI=1S/C16H26N2O/c1-13(2)19-16-9-5-4-8-15(16)18(3)12-14-7-6-10-17-11-14/h4-5,8-9,13-14,17H,6-7,10-12H2,1-3H3. The van der Waals surface area contributed by atoms with Crippen molar-refractivity contribution in [3.63, 3.8) is 0 Å². The van der Waals surface area contributed by atoms with Crippen molar-refractivity contribution in [1.29, 1.82) is 0 Å². The summed E-state index contributed by atoms with van der Waals surface area (Å²) in [5, 5.41) is 3.48. The molecular weight excluding hydrogens is 236 g/mol. The summed E-state index contributed by atoms with van der Waals surface area (Å²) < 4.78 is 5.90. The van der Waals surface area contributed by atoms with Crippen molar-refractivity contribution in [2.75, 3.05) is 31.6 Å². The Balaban J connectivity index is 2.02. The number of hydrogen-bond acceptors (Lipinski definition) is 3. The maximum Gasteiger partial charge on any atom is 0.142 e. The summed E-state index contributed by atoms with van der Waals surface area (Å²) in [7, 11) is 2.16. The van der Waals surface area contributed by atoms with Crippen molar-refractivity contribution in [2.45, 2.75) is 32.8 Å². The maximum atomic E-state index is 5.90. The van der Waals surface area contributed by atoms with Crippen LogP contribution in [0.4, 0.5) is 5.69 Å². The zero-order chi connectivity index (χ0) is 13.7. The summed E-state index contributed by atoms with van der Waals surface area (Å²) in [5.41, 5.74) is 1.20. The van der Waals surface area contributed by atoms with Crippen LogP contribution >= 0.6 is 0 Å². The second-order valence-corrected chi connectivity index (χ2v) is 5.73. The van der Waals surface area contributed by atoms with Gasteiger partial charge in [-0.25, -0.2) is 0 Å². The van der Waals surface area contributed by atoms with Gasteiger partial charge in [0, 0.05) is 13.6 Å². The van der Waals surface area contributed by atoms with Gasteiger partial charge in [-0.3, -0.25) is 0 Å². The molecule has 3 nitrogen and oxygen atoms in total. The maximum absolute atomic E-state index is 5.90. The van der Waals surface area contributed by atoms with Crippen LogP contribution in [0.2, 0.25) is 0 Å². The minimum absolute atomic E-state index is 0.214. The minimum atomic E-state index is 0.214. The van der Waals surface area contributed by atoms with Crippen LogP contribution in [-0.4, -0.2) is 32.8 Å². The fourth-order valence-electron chi connectivity index (χ4n) is 2.69. The van der Waals surface area contributed by atoms with Crippen molar-refractivity contribution in [2.24, 2.45) is 5.92 Å². The quantitative estimate of drug-likeness (QED) is 0.883. The third-order valence-electron chi connectivity index (χ3n) is 3.57. The molecule has 1 aliphatic heterocycles. The predicted octanol–water partition coefficient (Wildman–Crippen LogP) is 2.91. The zero-order valence-electron chi connectivity index (χ0n) is 12.4. The first-order valence-electron chi connectivity index (χ1n) is 7.34. The highest BCUT2D eigenvalue weighted by Crippen LogP contribution is 2.29. The summed E-state index contributed by atoms with van der Waals surface area (Å²) in [6.45, 7) is 7.54. The van der Waals surface area contributed by atoms with E-state index >= 15 is 0 Å². The van der Waals surface area contributed by atoms with Crippen LogP contribution in [0.25, 0.3) is 0 Å². The van der Waals surface area contributed by atoms with Crippen LogP contribution in [0, 0.1) is 5.92 Å². The van der Waals surface area contributed by atoms with Gasteiger partial charge < -0.3 is 15.0 Å². The molecule has 106 valence electrons. The lowest BCUT2D eigenvalue weighted by atomic mass is 9.99. The number of para-hydroxylation sites is 2. The molecule has 0 spiro atoms. The smallest absolute Gasteiger partial charge is 0.142 e. The van der Waals surface area contributed by atoms with E-state index in [1.807, 2.05) is 6.07 Å². The molecule has 1 aromatic carbocycles. The molecule has 2 rings (SSSR count). The van der Waals surface area contributed by atoms with E-state index < -0.39 is 0 Å². The molecule has 0 saturated carbocycles. The van der Waals surface area contributed by atoms with Gasteiger partial charge in [0.2, 0.25) is 0 Å². The van der Waals surface area contributed by atoms with Gasteiger partial charge in [-0.05, 0) is 57.8 Å². The zero-order valence-corrected chi connectivity index (χ0v) is 12.4. The highest BCUT2D eigenvalue weighted by molar-refractivity contribution is 5.58. The lowest BCUT2D eigenvalue weighted by Gasteiger charge is -2.30. The SMILES string of the molecule is CC(C)Oc1ccccc1N(C)CC1CCCNC1. The van der Waals surface area contributed by atoms with Gasteiger partial charge in [0.15, 0.2) is 0 Å². The lowest BCUT2D eigenvalue weighted by Crippen LogP contribution is -2.37. The van der Waals surface area contributed by atoms with E-state index in [-0.39, 0.29) is 6.10 Å². The fourth-order valence-corrected chi connectivity index (χ4v) is 2.69. The van der Waals surface area contributed by atoms with Gasteiger partial charge in [-0.1, -0.05) is 12.1 Å². The van der Waals surface area contributed by atoms with Crippen molar-refractivity contribution in [1.82, 2.24) is 5.32 Å². The first-order chi connectivity index (χ1) is 9.16. The fraction of sp³-hybridized carbons (Fsp3) is 0.625. The number of nitrogens with one attached hydrogen (secondary N) is 1. The number of nitrogens with zero attached hydrogens (tertiary/aromatic N) is 1. The number of anilines is 1. The number of ether oxygens (including phenoxy) is 1. The van der Waals surface area contributed by atoms with Crippen LogP contribution < -0.4 is 15.0 Å². The molecule has 1 saturated heterocycles. The molecular formula is C16H26N2O. The summed E-state index contributed by atoms with van der Waals surface area (Å²) in [6, 6.07) is 8.33. The number of benzene rings is 1. The molecule has 1 unspecified atom stereocenters. The third kappa shape index (κ3) is 4.13. The van der Waals surface area contributed by atoms with Crippen molar-refractivity contribution in [3.8, 4) is 5.75 Å². The number of hydrogen-bond donors (Lipinski definition) is 1. The first kappa shape index (κ1) is 14.2. The molecule has 1 aliphatic rings. The Labute approximate surface area is 116 Å². The highest BCUT2D eigenvalue weighted by atomic mass is 16.5. The van der Waals surface area contributed by atoms with Gasteiger partial charge in [0.05, 0.1) is 11.8 Å². The Kier molecular flexibility index (Phi) is 5.08. The van der Waals surface area contributed by atoms with E-state index in [0.717, 1.165) is 24.8 Å². The van der Waals surface area contributed by atoms with E-state index in [9.17, 15) is 0 Å². The van der Waals surface area contributed by atoms with Crippen LogP contribution in [0.1, 0.15) is 26.7 Å². The van der Waals surface area contributed by atoms with Crippen LogP contribution in [0.5, 0.6) is 5.75 Å². The van der Waals surface area contributed by atoms with Crippen LogP contribution in [0.3, 0.4) is 0 Å². The normalized spacial score (nSPS) is 19.5. The predicted molar refractivity (Wildman–Crippen MR) is 81.1 cm³/mol. The average molecular weight is 262 g/mol. The molecule has 3 heteroatoms. The van der Waals surface area contributed by atoms with E-state index in [1.54, 1.807) is 0 Å². The van der Waals surface area contributed by atoms with Crippen molar-refractivity contribution < 1.29 is 4.74 Å². The first-order valence-corrected chi connectivity index (χ1v) is 7.34. The topological polar surface area (TPSA) is 24.5 Å². The van der Waals surface area contributed by atoms with E-state index in [0.29, 0.717) is 0 Å². The monoisotopic (exact) mass is 262 g/mol. The second-order valence-electron chi connectivity index (χ2n) is 5.73. The Morgan fingerprint density at radius 3 is 2.84 bits per heavy atom. The molecule has 0 amide bonds. The summed E-state index contributed by atoms with van der Waals surface area (Å²) >= 11 is 0. The van der Waals surface area contributed by atoms with Crippen LogP contribution in [-0.2, 0) is 0 Å². The molecule has 1 fully saturated rings. The molecule has 1 atom stereocenters. The van der Waals surface area contributed by atoms with E-state index in [1.165, 1.54) is 25.1 Å². The molecule has 19 heavy (non-hydrogen) atoms. The van der Waals surface area contributed by atoms with Crippen molar-refractivity contribution in [3.05, 3.63) is 24.3 Å². The molecule has 1 aromatic rings. The molecule has 0 radical (unpaired) electrons. The number of piperidine rings is 1. The molecule has 0 aromatic heterocycles. The Hall–Kier alpha value is -1.22. The summed E-state index contributed by atoms with van der Waals surface area (Å²) in [5.74, 6) is 1.73. The number of rotatable bonds is 5. The third-order valence-corrected chi connectivity index (χ3v) is 3.57. The van der Waals surface area contributed by atoms with Gasteiger partial charge in [0.25, 0.3) is 0 Å². The molecule has 0 aliphatic carbocycles. The lowest BCUT2D eigenvalue weighted by molar-refractivity contribution is 0.242. The second kappa shape index (κ2) is 6.80. The highest BCUT2D eigenvalue weighted by Gasteiger charge is 2.17. The van der Waals surface area contributed by atoms with Gasteiger partial charge in [-0.15, -0.1) is 0 Å². The van der Waals surface area contributed by atoms with Crippen molar-refractivity contribution >= 4 is 5.69 Å². The summed E-state index contributed by atoms with van der Waals surface area (Å²) in [4.78, 5) is 2.33. The Bertz CT molecular complexity index is 386. The van der Waals surface area contributed by atoms with Gasteiger partial charge >= 0.3 is 0 Å². The van der Waals surface area contributed by atoms with E-state index in [2.05, 4.69) is 49.3 Å².